The standard InChI is InChI=1S/C17H16F2N2O4S/c1-2-24-15(23)9-26-16-13(8-20)12(7-14(22)21-16)10-3-5-11(6-4-10)25-17(18)19/h3-6,12,17H,2,7,9H2,1H3,(H,21,22)/t12-/m0/s1. The van der Waals surface area contributed by atoms with Gasteiger partial charge in [-0.1, -0.05) is 23.9 Å². The summed E-state index contributed by atoms with van der Waals surface area (Å²) >= 11 is 1.02. The van der Waals surface area contributed by atoms with Crippen LogP contribution in [0.4, 0.5) is 8.78 Å². The summed E-state index contributed by atoms with van der Waals surface area (Å²) in [7, 11) is 0. The number of thioether (sulfide) groups is 1. The maximum Gasteiger partial charge on any atom is 0.387 e. The second kappa shape index (κ2) is 9.20. The molecule has 0 saturated heterocycles. The van der Waals surface area contributed by atoms with Crippen molar-refractivity contribution in [1.82, 2.24) is 5.32 Å². The Bertz CT molecular complexity index is 744. The minimum atomic E-state index is -2.93. The van der Waals surface area contributed by atoms with Gasteiger partial charge in [0.2, 0.25) is 5.91 Å². The first-order chi connectivity index (χ1) is 12.4. The van der Waals surface area contributed by atoms with Gasteiger partial charge in [0.15, 0.2) is 0 Å². The number of amides is 1. The summed E-state index contributed by atoms with van der Waals surface area (Å²) in [5.74, 6) is -1.33. The van der Waals surface area contributed by atoms with Gasteiger partial charge >= 0.3 is 12.6 Å². The van der Waals surface area contributed by atoms with Gasteiger partial charge in [-0.05, 0) is 24.6 Å². The van der Waals surface area contributed by atoms with Gasteiger partial charge in [-0.3, -0.25) is 9.59 Å². The Morgan fingerprint density at radius 3 is 2.69 bits per heavy atom. The van der Waals surface area contributed by atoms with Crippen LogP contribution < -0.4 is 10.1 Å². The average Bonchev–Trinajstić information content (AvgIpc) is 2.60. The van der Waals surface area contributed by atoms with Crippen molar-refractivity contribution in [3.63, 3.8) is 0 Å². The van der Waals surface area contributed by atoms with E-state index >= 15 is 0 Å². The van der Waals surface area contributed by atoms with E-state index in [1.165, 1.54) is 24.3 Å². The maximum atomic E-state index is 12.2. The molecule has 0 fully saturated rings. The van der Waals surface area contributed by atoms with E-state index in [4.69, 9.17) is 4.74 Å². The smallest absolute Gasteiger partial charge is 0.387 e. The minimum absolute atomic E-state index is 0.0107. The second-order valence-electron chi connectivity index (χ2n) is 5.20. The zero-order chi connectivity index (χ0) is 19.1. The molecule has 0 spiro atoms. The van der Waals surface area contributed by atoms with Gasteiger partial charge in [-0.15, -0.1) is 0 Å². The quantitative estimate of drug-likeness (QED) is 0.730. The van der Waals surface area contributed by atoms with Gasteiger partial charge in [0, 0.05) is 12.3 Å². The Morgan fingerprint density at radius 1 is 1.42 bits per heavy atom. The number of nitriles is 1. The first kappa shape index (κ1) is 19.7. The topological polar surface area (TPSA) is 88.4 Å². The predicted octanol–water partition coefficient (Wildman–Crippen LogP) is 2.92. The zero-order valence-electron chi connectivity index (χ0n) is 13.8. The van der Waals surface area contributed by atoms with Crippen molar-refractivity contribution < 1.29 is 27.8 Å². The predicted molar refractivity (Wildman–Crippen MR) is 90.3 cm³/mol. The molecular formula is C17H16F2N2O4S. The number of carbonyl (C=O) groups is 2. The van der Waals surface area contributed by atoms with Crippen LogP contribution in [0.1, 0.15) is 24.8 Å². The molecule has 0 aromatic heterocycles. The third-order valence-corrected chi connectivity index (χ3v) is 4.49. The Balaban J connectivity index is 2.23. The molecule has 2 rings (SSSR count). The fraction of sp³-hybridized carbons (Fsp3) is 0.353. The van der Waals surface area contributed by atoms with Gasteiger partial charge in [0.1, 0.15) is 5.75 Å². The van der Waals surface area contributed by atoms with Crippen LogP contribution >= 0.6 is 11.8 Å². The van der Waals surface area contributed by atoms with Gasteiger partial charge in [0.25, 0.3) is 0 Å². The molecule has 1 heterocycles. The highest BCUT2D eigenvalue weighted by Crippen LogP contribution is 2.36. The maximum absolute atomic E-state index is 12.2. The molecule has 1 aromatic rings. The average molecular weight is 382 g/mol. The molecule has 1 aromatic carbocycles. The molecule has 0 bridgehead atoms. The van der Waals surface area contributed by atoms with Crippen LogP contribution in [0.3, 0.4) is 0 Å². The third-order valence-electron chi connectivity index (χ3n) is 3.50. The molecule has 9 heteroatoms. The van der Waals surface area contributed by atoms with E-state index in [1.807, 2.05) is 0 Å². The molecule has 0 radical (unpaired) electrons. The minimum Gasteiger partial charge on any atom is -0.465 e. The normalized spacial score (nSPS) is 16.9. The lowest BCUT2D eigenvalue weighted by Gasteiger charge is -2.25. The number of hydrogen-bond donors (Lipinski definition) is 1. The number of halogens is 2. The third kappa shape index (κ3) is 5.20. The van der Waals surface area contributed by atoms with Crippen LogP contribution in [0.2, 0.25) is 0 Å². The van der Waals surface area contributed by atoms with Crippen LogP contribution in [0, 0.1) is 11.3 Å². The zero-order valence-corrected chi connectivity index (χ0v) is 14.6. The number of nitrogens with one attached hydrogen (secondary N) is 1. The van der Waals surface area contributed by atoms with Crippen molar-refractivity contribution in [2.24, 2.45) is 0 Å². The van der Waals surface area contributed by atoms with Crippen LogP contribution in [0.5, 0.6) is 5.75 Å². The van der Waals surface area contributed by atoms with E-state index < -0.39 is 18.5 Å². The first-order valence-electron chi connectivity index (χ1n) is 7.71. The number of rotatable bonds is 7. The van der Waals surface area contributed by atoms with Crippen LogP contribution in [0.15, 0.2) is 34.9 Å². The Kier molecular flexibility index (Phi) is 6.97. The number of esters is 1. The number of benzene rings is 1. The highest BCUT2D eigenvalue weighted by atomic mass is 32.2. The summed E-state index contributed by atoms with van der Waals surface area (Å²) in [6.45, 7) is -1.00. The number of ether oxygens (including phenoxy) is 2. The lowest BCUT2D eigenvalue weighted by molar-refractivity contribution is -0.139. The fourth-order valence-corrected chi connectivity index (χ4v) is 3.31. The number of alkyl halides is 2. The lowest BCUT2D eigenvalue weighted by atomic mass is 9.87. The number of carbonyl (C=O) groups excluding carboxylic acids is 2. The second-order valence-corrected chi connectivity index (χ2v) is 6.19. The molecular weight excluding hydrogens is 366 g/mol. The summed E-state index contributed by atoms with van der Waals surface area (Å²) in [4.78, 5) is 23.5. The number of nitrogens with zero attached hydrogens (tertiary/aromatic N) is 1. The van der Waals surface area contributed by atoms with E-state index in [-0.39, 0.29) is 30.4 Å². The van der Waals surface area contributed by atoms with Gasteiger partial charge < -0.3 is 14.8 Å². The van der Waals surface area contributed by atoms with E-state index in [0.717, 1.165) is 11.8 Å². The molecule has 6 nitrogen and oxygen atoms in total. The molecule has 0 aliphatic carbocycles. The molecule has 138 valence electrons. The van der Waals surface area contributed by atoms with Crippen molar-refractivity contribution in [1.29, 1.82) is 5.26 Å². The van der Waals surface area contributed by atoms with E-state index in [0.29, 0.717) is 16.2 Å². The summed E-state index contributed by atoms with van der Waals surface area (Å²) in [6, 6.07) is 7.84. The molecule has 1 atom stereocenters. The van der Waals surface area contributed by atoms with Crippen molar-refractivity contribution >= 4 is 23.6 Å². The fourth-order valence-electron chi connectivity index (χ4n) is 2.43. The summed E-state index contributed by atoms with van der Waals surface area (Å²) in [5.41, 5.74) is 0.925. The Labute approximate surface area is 153 Å². The molecule has 1 aliphatic rings. The van der Waals surface area contributed by atoms with Crippen LogP contribution in [-0.4, -0.2) is 30.8 Å². The number of hydrogen-bond acceptors (Lipinski definition) is 6. The SMILES string of the molecule is CCOC(=O)CSC1=C(C#N)[C@H](c2ccc(OC(F)F)cc2)CC(=O)N1. The van der Waals surface area contributed by atoms with E-state index in [9.17, 15) is 23.6 Å². The van der Waals surface area contributed by atoms with Crippen LogP contribution in [-0.2, 0) is 14.3 Å². The highest BCUT2D eigenvalue weighted by molar-refractivity contribution is 8.03. The molecule has 0 saturated carbocycles. The number of allylic oxidation sites excluding steroid dienone is 1. The van der Waals surface area contributed by atoms with Crippen molar-refractivity contribution in [3.8, 4) is 11.8 Å². The molecule has 1 aliphatic heterocycles. The summed E-state index contributed by atoms with van der Waals surface area (Å²) in [5, 5.41) is 12.4. The monoisotopic (exact) mass is 382 g/mol. The van der Waals surface area contributed by atoms with Crippen molar-refractivity contribution in [3.05, 3.63) is 40.4 Å². The highest BCUT2D eigenvalue weighted by Gasteiger charge is 2.30. The lowest BCUT2D eigenvalue weighted by Crippen LogP contribution is -2.31. The van der Waals surface area contributed by atoms with Gasteiger partial charge in [-0.2, -0.15) is 14.0 Å². The first-order valence-corrected chi connectivity index (χ1v) is 8.70. The Hall–Kier alpha value is -2.60. The molecule has 0 unspecified atom stereocenters. The molecule has 1 amide bonds. The molecule has 26 heavy (non-hydrogen) atoms. The van der Waals surface area contributed by atoms with Crippen molar-refractivity contribution in [2.75, 3.05) is 12.4 Å². The molecule has 1 N–H and O–H groups in total. The van der Waals surface area contributed by atoms with Gasteiger partial charge in [0.05, 0.1) is 29.0 Å². The van der Waals surface area contributed by atoms with E-state index in [2.05, 4.69) is 16.1 Å². The Morgan fingerprint density at radius 2 is 2.12 bits per heavy atom. The largest absolute Gasteiger partial charge is 0.465 e. The van der Waals surface area contributed by atoms with Crippen molar-refractivity contribution in [2.45, 2.75) is 25.9 Å². The van der Waals surface area contributed by atoms with Gasteiger partial charge in [-0.25, -0.2) is 0 Å². The summed E-state index contributed by atoms with van der Waals surface area (Å²) in [6.07, 6.45) is 0.0431. The summed E-state index contributed by atoms with van der Waals surface area (Å²) < 4.78 is 33.6. The van der Waals surface area contributed by atoms with E-state index in [1.54, 1.807) is 6.92 Å². The van der Waals surface area contributed by atoms with Crippen LogP contribution in [0.25, 0.3) is 0 Å².